The van der Waals surface area contributed by atoms with Crippen LogP contribution in [0.1, 0.15) is 18.4 Å². The maximum absolute atomic E-state index is 12.1. The molecule has 6 heteroatoms. The molecule has 0 radical (unpaired) electrons. The monoisotopic (exact) mass is 326 g/mol. The molecular weight excluding hydrogens is 304 g/mol. The first-order valence-electron chi connectivity index (χ1n) is 8.09. The lowest BCUT2D eigenvalue weighted by Gasteiger charge is -2.20. The molecule has 0 atom stereocenters. The van der Waals surface area contributed by atoms with Crippen molar-refractivity contribution in [2.24, 2.45) is 0 Å². The van der Waals surface area contributed by atoms with Gasteiger partial charge in [-0.05, 0) is 49.6 Å². The minimum absolute atomic E-state index is 0.296. The molecule has 0 bridgehead atoms. The second kappa shape index (κ2) is 7.21. The van der Waals surface area contributed by atoms with E-state index in [2.05, 4.69) is 33.5 Å². The van der Waals surface area contributed by atoms with E-state index in [1.807, 2.05) is 12.1 Å². The maximum Gasteiger partial charge on any atom is 0.323 e. The molecule has 24 heavy (non-hydrogen) atoms. The Balaban J connectivity index is 1.62. The summed E-state index contributed by atoms with van der Waals surface area (Å²) in [6, 6.07) is 9.16. The fourth-order valence-corrected chi connectivity index (χ4v) is 2.91. The highest BCUT2D eigenvalue weighted by Gasteiger charge is 2.14. The van der Waals surface area contributed by atoms with Crippen molar-refractivity contribution < 1.29 is 9.53 Å². The summed E-state index contributed by atoms with van der Waals surface area (Å²) in [5.74, 6) is 0.508. The first-order valence-corrected chi connectivity index (χ1v) is 8.09. The first kappa shape index (κ1) is 16.1. The highest BCUT2D eigenvalue weighted by Crippen LogP contribution is 2.26. The van der Waals surface area contributed by atoms with Crippen molar-refractivity contribution in [3.05, 3.63) is 42.1 Å². The highest BCUT2D eigenvalue weighted by molar-refractivity contribution is 5.99. The number of ether oxygens (including phenoxy) is 1. The number of nitrogens with one attached hydrogen (secondary N) is 2. The quantitative estimate of drug-likeness (QED) is 0.900. The summed E-state index contributed by atoms with van der Waals surface area (Å²) < 4.78 is 4.99. The van der Waals surface area contributed by atoms with Crippen LogP contribution < -0.4 is 20.3 Å². The van der Waals surface area contributed by atoms with Crippen LogP contribution in [-0.2, 0) is 0 Å². The molecule has 126 valence electrons. The van der Waals surface area contributed by atoms with E-state index >= 15 is 0 Å². The van der Waals surface area contributed by atoms with E-state index in [9.17, 15) is 4.79 Å². The van der Waals surface area contributed by atoms with E-state index in [1.54, 1.807) is 25.4 Å². The van der Waals surface area contributed by atoms with Gasteiger partial charge in [-0.15, -0.1) is 0 Å². The Morgan fingerprint density at radius 2 is 1.83 bits per heavy atom. The highest BCUT2D eigenvalue weighted by atomic mass is 16.5. The molecule has 2 aromatic rings. The average molecular weight is 326 g/mol. The zero-order chi connectivity index (χ0) is 16.9. The van der Waals surface area contributed by atoms with Gasteiger partial charge in [-0.2, -0.15) is 0 Å². The number of aromatic nitrogens is 1. The number of aryl methyl sites for hydroxylation is 1. The van der Waals surface area contributed by atoms with Crippen molar-refractivity contribution in [1.29, 1.82) is 0 Å². The Kier molecular flexibility index (Phi) is 4.84. The lowest BCUT2D eigenvalue weighted by atomic mass is 10.1. The Bertz CT molecular complexity index is 709. The number of rotatable bonds is 4. The smallest absolute Gasteiger partial charge is 0.323 e. The zero-order valence-electron chi connectivity index (χ0n) is 14.0. The summed E-state index contributed by atoms with van der Waals surface area (Å²) in [6.07, 6.45) is 4.05. The van der Waals surface area contributed by atoms with Crippen LogP contribution in [0.4, 0.5) is 21.9 Å². The zero-order valence-corrected chi connectivity index (χ0v) is 14.0. The van der Waals surface area contributed by atoms with Crippen LogP contribution in [0.5, 0.6) is 5.88 Å². The van der Waals surface area contributed by atoms with Gasteiger partial charge in [-0.25, -0.2) is 9.78 Å². The number of hydrogen-bond donors (Lipinski definition) is 2. The standard InChI is InChI=1S/C18H22N4O2/c1-13-11-14(5-7-16(13)22-9-3-4-10-22)20-18(23)21-15-6-8-17(24-2)19-12-15/h5-8,11-12H,3-4,9-10H2,1-2H3,(H2,20,21,23). The van der Waals surface area contributed by atoms with Crippen LogP contribution in [-0.4, -0.2) is 31.2 Å². The molecule has 0 spiro atoms. The number of urea groups is 1. The van der Waals surface area contributed by atoms with Gasteiger partial charge >= 0.3 is 6.03 Å². The fraction of sp³-hybridized carbons (Fsp3) is 0.333. The molecule has 0 saturated carbocycles. The van der Waals surface area contributed by atoms with Crippen molar-refractivity contribution in [2.45, 2.75) is 19.8 Å². The number of anilines is 3. The third-order valence-corrected chi connectivity index (χ3v) is 4.10. The molecule has 0 unspecified atom stereocenters. The summed E-state index contributed by atoms with van der Waals surface area (Å²) >= 11 is 0. The van der Waals surface area contributed by atoms with Crippen LogP contribution in [0.25, 0.3) is 0 Å². The van der Waals surface area contributed by atoms with Crippen LogP contribution in [0.3, 0.4) is 0 Å². The minimum Gasteiger partial charge on any atom is -0.481 e. The maximum atomic E-state index is 12.1. The molecule has 1 saturated heterocycles. The SMILES string of the molecule is COc1ccc(NC(=O)Nc2ccc(N3CCCC3)c(C)c2)cn1. The summed E-state index contributed by atoms with van der Waals surface area (Å²) in [6.45, 7) is 4.29. The number of nitrogens with zero attached hydrogens (tertiary/aromatic N) is 2. The van der Waals surface area contributed by atoms with E-state index in [-0.39, 0.29) is 6.03 Å². The molecule has 1 aliphatic rings. The Hall–Kier alpha value is -2.76. The Labute approximate surface area is 141 Å². The normalized spacial score (nSPS) is 13.7. The van der Waals surface area contributed by atoms with Crippen molar-refractivity contribution in [2.75, 3.05) is 35.7 Å². The van der Waals surface area contributed by atoms with Crippen molar-refractivity contribution in [3.63, 3.8) is 0 Å². The molecule has 2 amide bonds. The van der Waals surface area contributed by atoms with Crippen molar-refractivity contribution in [3.8, 4) is 5.88 Å². The summed E-state index contributed by atoms with van der Waals surface area (Å²) in [5.41, 5.74) is 3.80. The molecule has 2 heterocycles. The summed E-state index contributed by atoms with van der Waals surface area (Å²) in [7, 11) is 1.55. The van der Waals surface area contributed by atoms with E-state index in [1.165, 1.54) is 24.1 Å². The van der Waals surface area contributed by atoms with Crippen LogP contribution >= 0.6 is 0 Å². The van der Waals surface area contributed by atoms with Crippen LogP contribution in [0, 0.1) is 6.92 Å². The van der Waals surface area contributed by atoms with Gasteiger partial charge in [-0.1, -0.05) is 0 Å². The van der Waals surface area contributed by atoms with Crippen LogP contribution in [0.15, 0.2) is 36.5 Å². The third kappa shape index (κ3) is 3.76. The molecule has 1 aliphatic heterocycles. The minimum atomic E-state index is -0.296. The number of benzene rings is 1. The molecule has 6 nitrogen and oxygen atoms in total. The van der Waals surface area contributed by atoms with E-state index in [4.69, 9.17) is 4.74 Å². The lowest BCUT2D eigenvalue weighted by Crippen LogP contribution is -2.21. The molecule has 1 aromatic heterocycles. The molecule has 2 N–H and O–H groups in total. The number of methoxy groups -OCH3 is 1. The topological polar surface area (TPSA) is 66.5 Å². The lowest BCUT2D eigenvalue weighted by molar-refractivity contribution is 0.262. The van der Waals surface area contributed by atoms with Crippen molar-refractivity contribution >= 4 is 23.1 Å². The average Bonchev–Trinajstić information content (AvgIpc) is 3.10. The van der Waals surface area contributed by atoms with Gasteiger partial charge in [0.1, 0.15) is 0 Å². The molecule has 1 fully saturated rings. The predicted octanol–water partition coefficient (Wildman–Crippen LogP) is 3.64. The number of carbonyl (C=O) groups is 1. The number of amides is 2. The molecule has 3 rings (SSSR count). The third-order valence-electron chi connectivity index (χ3n) is 4.10. The van der Waals surface area contributed by atoms with Gasteiger partial charge in [-0.3, -0.25) is 0 Å². The number of pyridine rings is 1. The van der Waals surface area contributed by atoms with E-state index in [0.29, 0.717) is 11.6 Å². The number of hydrogen-bond acceptors (Lipinski definition) is 4. The van der Waals surface area contributed by atoms with Gasteiger partial charge < -0.3 is 20.3 Å². The van der Waals surface area contributed by atoms with Gasteiger partial charge in [0.15, 0.2) is 0 Å². The van der Waals surface area contributed by atoms with Gasteiger partial charge in [0, 0.05) is 30.5 Å². The Morgan fingerprint density at radius 3 is 2.46 bits per heavy atom. The Morgan fingerprint density at radius 1 is 1.12 bits per heavy atom. The summed E-state index contributed by atoms with van der Waals surface area (Å²) in [4.78, 5) is 18.5. The van der Waals surface area contributed by atoms with Crippen LogP contribution in [0.2, 0.25) is 0 Å². The van der Waals surface area contributed by atoms with Gasteiger partial charge in [0.2, 0.25) is 5.88 Å². The molecular formula is C18H22N4O2. The first-order chi connectivity index (χ1) is 11.7. The van der Waals surface area contributed by atoms with E-state index in [0.717, 1.165) is 18.8 Å². The summed E-state index contributed by atoms with van der Waals surface area (Å²) in [5, 5.41) is 5.60. The molecule has 1 aromatic carbocycles. The van der Waals surface area contributed by atoms with Gasteiger partial charge in [0.05, 0.1) is 19.0 Å². The molecule has 0 aliphatic carbocycles. The second-order valence-electron chi connectivity index (χ2n) is 5.86. The van der Waals surface area contributed by atoms with Gasteiger partial charge in [0.25, 0.3) is 0 Å². The number of carbonyl (C=O) groups excluding carboxylic acids is 1. The van der Waals surface area contributed by atoms with E-state index < -0.39 is 0 Å². The predicted molar refractivity (Wildman–Crippen MR) is 96.1 cm³/mol. The largest absolute Gasteiger partial charge is 0.481 e. The van der Waals surface area contributed by atoms with Crippen molar-refractivity contribution in [1.82, 2.24) is 4.98 Å². The second-order valence-corrected chi connectivity index (χ2v) is 5.86. The fourth-order valence-electron chi connectivity index (χ4n) is 2.91.